The van der Waals surface area contributed by atoms with Crippen LogP contribution in [0.25, 0.3) is 17.0 Å². The van der Waals surface area contributed by atoms with Crippen LogP contribution >= 0.6 is 11.8 Å². The average molecular weight is 295 g/mol. The second kappa shape index (κ2) is 5.10. The summed E-state index contributed by atoms with van der Waals surface area (Å²) in [6.45, 7) is 5.94. The van der Waals surface area contributed by atoms with Gasteiger partial charge >= 0.3 is 0 Å². The van der Waals surface area contributed by atoms with Crippen LogP contribution < -0.4 is 0 Å². The fourth-order valence-electron chi connectivity index (χ4n) is 3.95. The number of fused-ring (bicyclic) bond motifs is 5. The summed E-state index contributed by atoms with van der Waals surface area (Å²) >= 11 is 2.12. The minimum Gasteiger partial charge on any atom is -0.357 e. The molecule has 1 aliphatic heterocycles. The Kier molecular flexibility index (Phi) is 3.22. The van der Waals surface area contributed by atoms with E-state index in [2.05, 4.69) is 48.5 Å². The Labute approximate surface area is 130 Å². The number of thioether (sulfide) groups is 1. The largest absolute Gasteiger partial charge is 0.357 e. The van der Waals surface area contributed by atoms with Crippen molar-refractivity contribution in [1.29, 1.82) is 0 Å². The summed E-state index contributed by atoms with van der Waals surface area (Å²) in [7, 11) is 0. The molecule has 1 fully saturated rings. The van der Waals surface area contributed by atoms with Gasteiger partial charge < -0.3 is 4.98 Å². The van der Waals surface area contributed by atoms with Crippen LogP contribution in [-0.4, -0.2) is 10.2 Å². The molecule has 1 nitrogen and oxygen atoms in total. The number of hydrogen-bond donors (Lipinski definition) is 1. The molecule has 0 saturated heterocycles. The van der Waals surface area contributed by atoms with Gasteiger partial charge in [0.2, 0.25) is 0 Å². The van der Waals surface area contributed by atoms with Crippen molar-refractivity contribution in [2.45, 2.75) is 48.7 Å². The molecule has 2 aliphatic rings. The SMILES string of the molecule is C=C/C=C\c1c(C)[nH]c2c3c(ccc12)C1CCCCC1S3. The minimum atomic E-state index is 0.791. The fraction of sp³-hybridized carbons (Fsp3) is 0.368. The van der Waals surface area contributed by atoms with Crippen molar-refractivity contribution < 1.29 is 0 Å². The topological polar surface area (TPSA) is 15.8 Å². The molecule has 1 aromatic carbocycles. The highest BCUT2D eigenvalue weighted by atomic mass is 32.2. The van der Waals surface area contributed by atoms with E-state index in [0.717, 1.165) is 11.2 Å². The van der Waals surface area contributed by atoms with Gasteiger partial charge in [-0.05, 0) is 31.2 Å². The van der Waals surface area contributed by atoms with Crippen LogP contribution in [-0.2, 0) is 0 Å². The molecule has 1 saturated carbocycles. The van der Waals surface area contributed by atoms with E-state index in [1.807, 2.05) is 12.2 Å². The third-order valence-corrected chi connectivity index (χ3v) is 6.51. The lowest BCUT2D eigenvalue weighted by molar-refractivity contribution is 0.461. The molecular formula is C19H21NS. The van der Waals surface area contributed by atoms with Crippen molar-refractivity contribution >= 4 is 28.7 Å². The number of nitrogens with one attached hydrogen (secondary N) is 1. The van der Waals surface area contributed by atoms with E-state index in [9.17, 15) is 0 Å². The van der Waals surface area contributed by atoms with E-state index >= 15 is 0 Å². The van der Waals surface area contributed by atoms with E-state index in [-0.39, 0.29) is 0 Å². The predicted molar refractivity (Wildman–Crippen MR) is 93.1 cm³/mol. The predicted octanol–water partition coefficient (Wildman–Crippen LogP) is 5.81. The summed E-state index contributed by atoms with van der Waals surface area (Å²) in [6.07, 6.45) is 11.6. The van der Waals surface area contributed by atoms with Crippen LogP contribution in [0.15, 0.2) is 35.8 Å². The van der Waals surface area contributed by atoms with Gasteiger partial charge in [-0.3, -0.25) is 0 Å². The molecule has 1 aliphatic carbocycles. The number of aromatic amines is 1. The Morgan fingerprint density at radius 1 is 1.29 bits per heavy atom. The van der Waals surface area contributed by atoms with Gasteiger partial charge in [0.25, 0.3) is 0 Å². The van der Waals surface area contributed by atoms with Crippen LogP contribution in [0.5, 0.6) is 0 Å². The van der Waals surface area contributed by atoms with Crippen molar-refractivity contribution in [2.24, 2.45) is 0 Å². The first kappa shape index (κ1) is 13.3. The lowest BCUT2D eigenvalue weighted by Gasteiger charge is -2.24. The number of hydrogen-bond acceptors (Lipinski definition) is 1. The van der Waals surface area contributed by atoms with E-state index in [1.54, 1.807) is 5.56 Å². The van der Waals surface area contributed by atoms with Crippen LogP contribution in [0.4, 0.5) is 0 Å². The second-order valence-corrected chi connectivity index (χ2v) is 7.46. The summed E-state index contributed by atoms with van der Waals surface area (Å²) in [4.78, 5) is 5.16. The van der Waals surface area contributed by atoms with E-state index in [0.29, 0.717) is 0 Å². The third-order valence-electron chi connectivity index (χ3n) is 4.97. The molecule has 108 valence electrons. The van der Waals surface area contributed by atoms with Crippen molar-refractivity contribution in [2.75, 3.05) is 0 Å². The molecule has 1 N–H and O–H groups in total. The van der Waals surface area contributed by atoms with Gasteiger partial charge in [-0.15, -0.1) is 11.8 Å². The number of allylic oxidation sites excluding steroid dienone is 2. The highest BCUT2D eigenvalue weighted by molar-refractivity contribution is 8.00. The van der Waals surface area contributed by atoms with E-state index < -0.39 is 0 Å². The Morgan fingerprint density at radius 2 is 2.14 bits per heavy atom. The Morgan fingerprint density at radius 3 is 3.00 bits per heavy atom. The van der Waals surface area contributed by atoms with Gasteiger partial charge in [0.05, 0.1) is 5.52 Å². The van der Waals surface area contributed by atoms with Gasteiger partial charge in [-0.1, -0.05) is 49.8 Å². The Bertz CT molecular complexity index is 738. The maximum atomic E-state index is 3.78. The molecule has 4 rings (SSSR count). The lowest BCUT2D eigenvalue weighted by Crippen LogP contribution is -2.14. The van der Waals surface area contributed by atoms with Crippen molar-refractivity contribution in [3.63, 3.8) is 0 Å². The summed E-state index contributed by atoms with van der Waals surface area (Å²) < 4.78 is 0. The molecule has 0 spiro atoms. The Hall–Kier alpha value is -1.41. The first-order valence-electron chi connectivity index (χ1n) is 7.90. The number of rotatable bonds is 2. The average Bonchev–Trinajstić information content (AvgIpc) is 3.02. The molecule has 2 heterocycles. The molecule has 0 amide bonds. The van der Waals surface area contributed by atoms with Gasteiger partial charge in [0, 0.05) is 26.8 Å². The zero-order valence-electron chi connectivity index (χ0n) is 12.5. The van der Waals surface area contributed by atoms with Crippen molar-refractivity contribution in [3.8, 4) is 0 Å². The molecule has 0 radical (unpaired) electrons. The minimum absolute atomic E-state index is 0.791. The fourth-order valence-corrected chi connectivity index (χ4v) is 5.62. The third kappa shape index (κ3) is 2.00. The second-order valence-electron chi connectivity index (χ2n) is 6.21. The molecule has 2 heteroatoms. The molecule has 0 bridgehead atoms. The molecule has 1 aromatic heterocycles. The van der Waals surface area contributed by atoms with Crippen molar-refractivity contribution in [3.05, 3.63) is 47.7 Å². The maximum absolute atomic E-state index is 3.78. The summed E-state index contributed by atoms with van der Waals surface area (Å²) in [5, 5.41) is 2.17. The summed E-state index contributed by atoms with van der Waals surface area (Å²) in [5.41, 5.74) is 5.51. The zero-order chi connectivity index (χ0) is 14.4. The van der Waals surface area contributed by atoms with Crippen LogP contribution in [0, 0.1) is 6.92 Å². The quantitative estimate of drug-likeness (QED) is 0.691. The van der Waals surface area contributed by atoms with Gasteiger partial charge in [0.1, 0.15) is 0 Å². The monoisotopic (exact) mass is 295 g/mol. The van der Waals surface area contributed by atoms with Gasteiger partial charge in [-0.25, -0.2) is 0 Å². The van der Waals surface area contributed by atoms with Crippen LogP contribution in [0.1, 0.15) is 48.4 Å². The first-order valence-corrected chi connectivity index (χ1v) is 8.78. The number of aromatic nitrogens is 1. The number of H-pyrrole nitrogens is 1. The normalized spacial score (nSPS) is 24.4. The highest BCUT2D eigenvalue weighted by Gasteiger charge is 2.36. The Balaban J connectivity index is 1.88. The zero-order valence-corrected chi connectivity index (χ0v) is 13.3. The van der Waals surface area contributed by atoms with E-state index in [1.165, 1.54) is 52.7 Å². The van der Waals surface area contributed by atoms with Crippen LogP contribution in [0.3, 0.4) is 0 Å². The van der Waals surface area contributed by atoms with Crippen LogP contribution in [0.2, 0.25) is 0 Å². The van der Waals surface area contributed by atoms with Gasteiger partial charge in [0.15, 0.2) is 0 Å². The molecule has 21 heavy (non-hydrogen) atoms. The standard InChI is InChI=1S/C19H21NS/c1-3-4-7-13-12(2)20-18-15(13)10-11-16-14-8-5-6-9-17(14)21-19(16)18/h3-4,7,10-11,14,17,20H,1,5-6,8-9H2,2H3/b7-4-. The van der Waals surface area contributed by atoms with Gasteiger partial charge in [-0.2, -0.15) is 0 Å². The summed E-state index contributed by atoms with van der Waals surface area (Å²) in [5.74, 6) is 0.791. The molecule has 2 unspecified atom stereocenters. The molecule has 2 atom stereocenters. The first-order chi connectivity index (χ1) is 10.3. The maximum Gasteiger partial charge on any atom is 0.0603 e. The number of aryl methyl sites for hydroxylation is 1. The summed E-state index contributed by atoms with van der Waals surface area (Å²) in [6, 6.07) is 4.71. The highest BCUT2D eigenvalue weighted by Crippen LogP contribution is 2.54. The van der Waals surface area contributed by atoms with Crippen molar-refractivity contribution in [1.82, 2.24) is 4.98 Å². The van der Waals surface area contributed by atoms with E-state index in [4.69, 9.17) is 0 Å². The molecule has 2 aromatic rings. The smallest absolute Gasteiger partial charge is 0.0603 e. The number of benzene rings is 1. The molecular weight excluding hydrogens is 274 g/mol. The lowest BCUT2D eigenvalue weighted by atomic mass is 9.83.